The molecule has 3 aliphatic rings. The van der Waals surface area contributed by atoms with Gasteiger partial charge in [-0.2, -0.15) is 0 Å². The first kappa shape index (κ1) is 18.1. The van der Waals surface area contributed by atoms with Crippen LogP contribution in [-0.2, 0) is 23.9 Å². The highest BCUT2D eigenvalue weighted by molar-refractivity contribution is 6.01. The zero-order valence-electron chi connectivity index (χ0n) is 14.6. The van der Waals surface area contributed by atoms with Gasteiger partial charge < -0.3 is 13.9 Å². The first-order valence-corrected chi connectivity index (χ1v) is 8.20. The summed E-state index contributed by atoms with van der Waals surface area (Å²) in [5, 5.41) is 11.7. The zero-order valence-corrected chi connectivity index (χ0v) is 14.6. The Morgan fingerprint density at radius 3 is 2.65 bits per heavy atom. The second-order valence-electron chi connectivity index (χ2n) is 7.58. The van der Waals surface area contributed by atoms with Crippen molar-refractivity contribution in [3.8, 4) is 0 Å². The van der Waals surface area contributed by atoms with Crippen LogP contribution < -0.4 is 0 Å². The summed E-state index contributed by atoms with van der Waals surface area (Å²) in [5.41, 5.74) is -2.82. The minimum Gasteiger partial charge on any atom is -0.469 e. The Labute approximate surface area is 148 Å². The molecule has 9 nitrogen and oxygen atoms in total. The van der Waals surface area contributed by atoms with E-state index in [0.717, 1.165) is 0 Å². The molecule has 3 heterocycles. The molecule has 2 saturated heterocycles. The van der Waals surface area contributed by atoms with Crippen LogP contribution in [0, 0.1) is 16.0 Å². The summed E-state index contributed by atoms with van der Waals surface area (Å²) < 4.78 is 15.9. The molecule has 9 heteroatoms. The van der Waals surface area contributed by atoms with Crippen molar-refractivity contribution < 1.29 is 33.2 Å². The third-order valence-corrected chi connectivity index (χ3v) is 4.64. The summed E-state index contributed by atoms with van der Waals surface area (Å²) in [4.78, 5) is 48.5. The van der Waals surface area contributed by atoms with Crippen molar-refractivity contribution in [2.24, 2.45) is 5.92 Å². The van der Waals surface area contributed by atoms with Crippen LogP contribution in [0.25, 0.3) is 0 Å². The Bertz CT molecular complexity index is 762. The van der Waals surface area contributed by atoms with Crippen molar-refractivity contribution in [1.82, 2.24) is 0 Å². The number of ketones is 1. The molecule has 1 aliphatic carbocycles. The Morgan fingerprint density at radius 1 is 1.42 bits per heavy atom. The van der Waals surface area contributed by atoms with Crippen LogP contribution in [0.15, 0.2) is 22.8 Å². The number of nitro groups is 1. The molecule has 2 bridgehead atoms. The molecule has 2 aliphatic heterocycles. The molecule has 26 heavy (non-hydrogen) atoms. The van der Waals surface area contributed by atoms with Gasteiger partial charge in [-0.3, -0.25) is 24.5 Å². The SMILES string of the molecule is CC(C)(C)OC(=O)C[C@]12OC(=O)[C@H](CC1=O)[C@@H]([N+](=O)[O-])[C@@H]2c1ccco1. The van der Waals surface area contributed by atoms with Crippen molar-refractivity contribution in [1.29, 1.82) is 0 Å². The lowest BCUT2D eigenvalue weighted by Crippen LogP contribution is -2.67. The van der Waals surface area contributed by atoms with Gasteiger partial charge in [-0.05, 0) is 32.9 Å². The molecule has 1 saturated carbocycles. The van der Waals surface area contributed by atoms with Gasteiger partial charge in [0, 0.05) is 11.3 Å². The van der Waals surface area contributed by atoms with Crippen molar-refractivity contribution in [3.63, 3.8) is 0 Å². The molecule has 4 rings (SSSR count). The number of nitrogens with zero attached hydrogens (tertiary/aromatic N) is 1. The number of esters is 2. The van der Waals surface area contributed by atoms with E-state index in [-0.39, 0.29) is 12.2 Å². The van der Waals surface area contributed by atoms with E-state index in [2.05, 4.69) is 0 Å². The first-order valence-electron chi connectivity index (χ1n) is 8.20. The van der Waals surface area contributed by atoms with E-state index in [0.29, 0.717) is 0 Å². The van der Waals surface area contributed by atoms with Gasteiger partial charge in [-0.15, -0.1) is 0 Å². The van der Waals surface area contributed by atoms with E-state index < -0.39 is 58.1 Å². The lowest BCUT2D eigenvalue weighted by atomic mass is 9.62. The Kier molecular flexibility index (Phi) is 4.12. The maximum Gasteiger partial charge on any atom is 0.317 e. The fraction of sp³-hybridized carbons (Fsp3) is 0.588. The third-order valence-electron chi connectivity index (χ3n) is 4.64. The molecular formula is C17H19NO8. The maximum atomic E-state index is 12.7. The molecule has 0 aromatic carbocycles. The number of Topliss-reactive ketones (excluding diaryl/α,β-unsaturated/α-hetero) is 1. The van der Waals surface area contributed by atoms with E-state index in [9.17, 15) is 24.5 Å². The van der Waals surface area contributed by atoms with Gasteiger partial charge in [0.05, 0.1) is 12.7 Å². The summed E-state index contributed by atoms with van der Waals surface area (Å²) in [7, 11) is 0. The number of ether oxygens (including phenoxy) is 2. The van der Waals surface area contributed by atoms with Crippen LogP contribution in [-0.4, -0.2) is 39.9 Å². The number of carbonyl (C=O) groups excluding carboxylic acids is 3. The van der Waals surface area contributed by atoms with Crippen LogP contribution in [0.5, 0.6) is 0 Å². The largest absolute Gasteiger partial charge is 0.469 e. The average molecular weight is 365 g/mol. The fourth-order valence-corrected chi connectivity index (χ4v) is 3.74. The second kappa shape index (κ2) is 5.93. The summed E-state index contributed by atoms with van der Waals surface area (Å²) in [6.07, 6.45) is 0.365. The van der Waals surface area contributed by atoms with Crippen LogP contribution in [0.3, 0.4) is 0 Å². The van der Waals surface area contributed by atoms with E-state index in [4.69, 9.17) is 13.9 Å². The zero-order chi connectivity index (χ0) is 19.3. The summed E-state index contributed by atoms with van der Waals surface area (Å²) in [6.45, 7) is 4.95. The predicted octanol–water partition coefficient (Wildman–Crippen LogP) is 1.62. The standard InChI is InChI=1S/C17H19NO8/c1-16(2,3)25-12(20)8-17-11(19)7-9(15(21)26-17)14(18(22)23)13(17)10-5-4-6-24-10/h4-6,9,13-14H,7-8H2,1-3H3/t9-,13+,14-,17+/m1/s1. The van der Waals surface area contributed by atoms with Gasteiger partial charge in [0.25, 0.3) is 0 Å². The number of hydrogen-bond donors (Lipinski definition) is 0. The maximum absolute atomic E-state index is 12.7. The predicted molar refractivity (Wildman–Crippen MR) is 84.6 cm³/mol. The van der Waals surface area contributed by atoms with Gasteiger partial charge in [0.2, 0.25) is 6.04 Å². The molecule has 0 unspecified atom stereocenters. The molecule has 1 aromatic heterocycles. The van der Waals surface area contributed by atoms with Gasteiger partial charge in [-0.1, -0.05) is 0 Å². The van der Waals surface area contributed by atoms with Gasteiger partial charge in [-0.25, -0.2) is 0 Å². The molecule has 0 N–H and O–H groups in total. The Morgan fingerprint density at radius 2 is 2.12 bits per heavy atom. The van der Waals surface area contributed by atoms with Gasteiger partial charge >= 0.3 is 11.9 Å². The number of fused-ring (bicyclic) bond motifs is 3. The molecular weight excluding hydrogens is 346 g/mol. The van der Waals surface area contributed by atoms with Crippen molar-refractivity contribution in [3.05, 3.63) is 34.3 Å². The highest BCUT2D eigenvalue weighted by Crippen LogP contribution is 2.52. The van der Waals surface area contributed by atoms with Gasteiger partial charge in [0.15, 0.2) is 11.4 Å². The Balaban J connectivity index is 2.07. The smallest absolute Gasteiger partial charge is 0.317 e. The summed E-state index contributed by atoms with van der Waals surface area (Å²) >= 11 is 0. The van der Waals surface area contributed by atoms with Crippen molar-refractivity contribution >= 4 is 17.7 Å². The van der Waals surface area contributed by atoms with E-state index >= 15 is 0 Å². The molecule has 0 amide bonds. The molecule has 140 valence electrons. The molecule has 0 spiro atoms. The van der Waals surface area contributed by atoms with Crippen LogP contribution in [0.1, 0.15) is 45.3 Å². The normalized spacial score (nSPS) is 30.8. The molecule has 1 aromatic rings. The van der Waals surface area contributed by atoms with E-state index in [1.807, 2.05) is 0 Å². The minimum absolute atomic E-state index is 0.126. The topological polar surface area (TPSA) is 126 Å². The first-order chi connectivity index (χ1) is 12.0. The lowest BCUT2D eigenvalue weighted by Gasteiger charge is -2.48. The number of rotatable bonds is 4. The van der Waals surface area contributed by atoms with Crippen molar-refractivity contribution in [2.75, 3.05) is 0 Å². The number of carbonyl (C=O) groups is 3. The monoisotopic (exact) mass is 365 g/mol. The third kappa shape index (κ3) is 2.87. The van der Waals surface area contributed by atoms with E-state index in [1.54, 1.807) is 20.8 Å². The molecule has 0 radical (unpaired) electrons. The highest BCUT2D eigenvalue weighted by Gasteiger charge is 2.71. The van der Waals surface area contributed by atoms with Crippen LogP contribution in [0.2, 0.25) is 0 Å². The lowest BCUT2D eigenvalue weighted by molar-refractivity contribution is -0.543. The number of furan rings is 1. The summed E-state index contributed by atoms with van der Waals surface area (Å²) in [5.74, 6) is -4.43. The van der Waals surface area contributed by atoms with Crippen molar-refractivity contribution in [2.45, 2.75) is 56.8 Å². The number of hydrogen-bond acceptors (Lipinski definition) is 8. The highest BCUT2D eigenvalue weighted by atomic mass is 16.6. The second-order valence-corrected chi connectivity index (χ2v) is 7.58. The van der Waals surface area contributed by atoms with Gasteiger partial charge in [0.1, 0.15) is 23.2 Å². The van der Waals surface area contributed by atoms with Crippen LogP contribution >= 0.6 is 0 Å². The summed E-state index contributed by atoms with van der Waals surface area (Å²) in [6, 6.07) is 1.57. The molecule has 4 atom stereocenters. The minimum atomic E-state index is -2.00. The van der Waals surface area contributed by atoms with Crippen LogP contribution in [0.4, 0.5) is 0 Å². The quantitative estimate of drug-likeness (QED) is 0.447. The fourth-order valence-electron chi connectivity index (χ4n) is 3.74. The Hall–Kier alpha value is -2.71. The average Bonchev–Trinajstić information content (AvgIpc) is 2.99. The molecule has 3 fully saturated rings. The van der Waals surface area contributed by atoms with E-state index in [1.165, 1.54) is 18.4 Å².